The summed E-state index contributed by atoms with van der Waals surface area (Å²) in [6, 6.07) is 5.76. The molecule has 1 atom stereocenters. The van der Waals surface area contributed by atoms with Crippen LogP contribution in [0.2, 0.25) is 0 Å². The van der Waals surface area contributed by atoms with Crippen LogP contribution in [0.5, 0.6) is 11.5 Å². The molecule has 1 unspecified atom stereocenters. The van der Waals surface area contributed by atoms with Gasteiger partial charge in [0, 0.05) is 31.0 Å². The van der Waals surface area contributed by atoms with E-state index in [4.69, 9.17) is 21.1 Å². The maximum atomic E-state index is 11.8. The number of likely N-dealkylation sites (tertiary alicyclic amines) is 1. The van der Waals surface area contributed by atoms with Gasteiger partial charge in [-0.1, -0.05) is 12.1 Å². The van der Waals surface area contributed by atoms with E-state index >= 15 is 0 Å². The van der Waals surface area contributed by atoms with Gasteiger partial charge in [0.15, 0.2) is 11.5 Å². The first-order valence-electron chi connectivity index (χ1n) is 5.99. The molecule has 1 aromatic carbocycles. The Morgan fingerprint density at radius 1 is 1.39 bits per heavy atom. The van der Waals surface area contributed by atoms with Gasteiger partial charge in [-0.2, -0.15) is 0 Å². The van der Waals surface area contributed by atoms with Crippen molar-refractivity contribution in [2.75, 3.05) is 19.2 Å². The molecular formula is C13H14ClNO3. The molecule has 4 nitrogen and oxygen atoms in total. The summed E-state index contributed by atoms with van der Waals surface area (Å²) in [5.41, 5.74) is 0.994. The SMILES string of the molecule is O=C1CC(CCl)CN1Cc1cccc2c1OCO2. The van der Waals surface area contributed by atoms with Gasteiger partial charge in [-0.05, 0) is 12.0 Å². The monoisotopic (exact) mass is 267 g/mol. The average molecular weight is 268 g/mol. The molecule has 0 radical (unpaired) electrons. The molecule has 18 heavy (non-hydrogen) atoms. The standard InChI is InChI=1S/C13H14ClNO3/c14-5-9-4-12(16)15(6-9)7-10-2-1-3-11-13(10)18-8-17-11/h1-3,9H,4-8H2. The predicted molar refractivity (Wildman–Crippen MR) is 66.8 cm³/mol. The quantitative estimate of drug-likeness (QED) is 0.787. The molecule has 5 heteroatoms. The Hall–Kier alpha value is -1.42. The van der Waals surface area contributed by atoms with E-state index in [9.17, 15) is 4.79 Å². The van der Waals surface area contributed by atoms with E-state index in [1.807, 2.05) is 23.1 Å². The number of hydrogen-bond acceptors (Lipinski definition) is 3. The number of rotatable bonds is 3. The number of benzene rings is 1. The summed E-state index contributed by atoms with van der Waals surface area (Å²) < 4.78 is 10.8. The second-order valence-corrected chi connectivity index (χ2v) is 4.96. The fourth-order valence-electron chi connectivity index (χ4n) is 2.43. The van der Waals surface area contributed by atoms with Crippen LogP contribution in [0.3, 0.4) is 0 Å². The minimum Gasteiger partial charge on any atom is -0.454 e. The van der Waals surface area contributed by atoms with Gasteiger partial charge in [-0.15, -0.1) is 11.6 Å². The zero-order valence-corrected chi connectivity index (χ0v) is 10.7. The lowest BCUT2D eigenvalue weighted by atomic mass is 10.1. The van der Waals surface area contributed by atoms with E-state index in [1.54, 1.807) is 0 Å². The van der Waals surface area contributed by atoms with Crippen molar-refractivity contribution in [1.82, 2.24) is 4.90 Å². The van der Waals surface area contributed by atoms with Crippen molar-refractivity contribution in [3.05, 3.63) is 23.8 Å². The summed E-state index contributed by atoms with van der Waals surface area (Å²) in [5, 5.41) is 0. The lowest BCUT2D eigenvalue weighted by Gasteiger charge is -2.17. The summed E-state index contributed by atoms with van der Waals surface area (Å²) in [6.07, 6.45) is 0.551. The Balaban J connectivity index is 1.78. The van der Waals surface area contributed by atoms with Crippen molar-refractivity contribution in [2.24, 2.45) is 5.92 Å². The lowest BCUT2D eigenvalue weighted by molar-refractivity contribution is -0.128. The molecule has 1 fully saturated rings. The molecule has 0 N–H and O–H groups in total. The fraction of sp³-hybridized carbons (Fsp3) is 0.462. The molecule has 3 rings (SSSR count). The molecule has 2 aliphatic rings. The van der Waals surface area contributed by atoms with Gasteiger partial charge in [-0.3, -0.25) is 4.79 Å². The Kier molecular flexibility index (Phi) is 3.04. The number of amides is 1. The third-order valence-corrected chi connectivity index (χ3v) is 3.79. The highest BCUT2D eigenvalue weighted by atomic mass is 35.5. The van der Waals surface area contributed by atoms with Crippen LogP contribution < -0.4 is 9.47 Å². The van der Waals surface area contributed by atoms with Crippen molar-refractivity contribution < 1.29 is 14.3 Å². The van der Waals surface area contributed by atoms with Gasteiger partial charge in [0.1, 0.15) is 0 Å². The van der Waals surface area contributed by atoms with Crippen LogP contribution >= 0.6 is 11.6 Å². The summed E-state index contributed by atoms with van der Waals surface area (Å²) in [4.78, 5) is 13.7. The van der Waals surface area contributed by atoms with E-state index in [0.29, 0.717) is 18.8 Å². The van der Waals surface area contributed by atoms with Crippen LogP contribution in [-0.2, 0) is 11.3 Å². The maximum Gasteiger partial charge on any atom is 0.231 e. The topological polar surface area (TPSA) is 38.8 Å². The molecule has 0 aromatic heterocycles. The first-order chi connectivity index (χ1) is 8.78. The zero-order chi connectivity index (χ0) is 12.5. The van der Waals surface area contributed by atoms with Gasteiger partial charge in [0.2, 0.25) is 12.7 Å². The minimum atomic E-state index is 0.164. The number of para-hydroxylation sites is 1. The minimum absolute atomic E-state index is 0.164. The van der Waals surface area contributed by atoms with E-state index in [1.165, 1.54) is 0 Å². The number of nitrogens with zero attached hydrogens (tertiary/aromatic N) is 1. The van der Waals surface area contributed by atoms with Gasteiger partial charge < -0.3 is 14.4 Å². The Morgan fingerprint density at radius 3 is 3.06 bits per heavy atom. The summed E-state index contributed by atoms with van der Waals surface area (Å²) in [7, 11) is 0. The van der Waals surface area contributed by atoms with Crippen LogP contribution in [0.15, 0.2) is 18.2 Å². The second-order valence-electron chi connectivity index (χ2n) is 4.65. The van der Waals surface area contributed by atoms with Gasteiger partial charge >= 0.3 is 0 Å². The molecule has 96 valence electrons. The largest absolute Gasteiger partial charge is 0.454 e. The lowest BCUT2D eigenvalue weighted by Crippen LogP contribution is -2.24. The molecule has 1 saturated heterocycles. The number of hydrogen-bond donors (Lipinski definition) is 0. The highest BCUT2D eigenvalue weighted by Gasteiger charge is 2.30. The molecule has 1 aromatic rings. The molecule has 0 spiro atoms. The number of carbonyl (C=O) groups excluding carboxylic acids is 1. The molecule has 0 saturated carbocycles. The van der Waals surface area contributed by atoms with E-state index < -0.39 is 0 Å². The highest BCUT2D eigenvalue weighted by molar-refractivity contribution is 6.18. The van der Waals surface area contributed by atoms with E-state index in [-0.39, 0.29) is 18.6 Å². The van der Waals surface area contributed by atoms with Crippen LogP contribution in [0, 0.1) is 5.92 Å². The Bertz CT molecular complexity index is 477. The van der Waals surface area contributed by atoms with Crippen LogP contribution in [0.1, 0.15) is 12.0 Å². The van der Waals surface area contributed by atoms with Crippen LogP contribution in [0.25, 0.3) is 0 Å². The first kappa shape index (κ1) is 11.7. The third-order valence-electron chi connectivity index (χ3n) is 3.35. The Labute approximate surface area is 110 Å². The van der Waals surface area contributed by atoms with Crippen molar-refractivity contribution in [1.29, 1.82) is 0 Å². The third kappa shape index (κ3) is 2.01. The van der Waals surface area contributed by atoms with Crippen molar-refractivity contribution in [2.45, 2.75) is 13.0 Å². The number of alkyl halides is 1. The van der Waals surface area contributed by atoms with Crippen molar-refractivity contribution in [3.63, 3.8) is 0 Å². The number of ether oxygens (including phenoxy) is 2. The van der Waals surface area contributed by atoms with Gasteiger partial charge in [0.05, 0.1) is 0 Å². The molecule has 0 bridgehead atoms. The molecular weight excluding hydrogens is 254 g/mol. The smallest absolute Gasteiger partial charge is 0.231 e. The zero-order valence-electron chi connectivity index (χ0n) is 9.89. The number of halogens is 1. The molecule has 2 aliphatic heterocycles. The maximum absolute atomic E-state index is 11.8. The van der Waals surface area contributed by atoms with Crippen molar-refractivity contribution in [3.8, 4) is 11.5 Å². The Morgan fingerprint density at radius 2 is 2.28 bits per heavy atom. The van der Waals surface area contributed by atoms with Gasteiger partial charge in [0.25, 0.3) is 0 Å². The highest BCUT2D eigenvalue weighted by Crippen LogP contribution is 2.36. The first-order valence-corrected chi connectivity index (χ1v) is 6.52. The number of carbonyl (C=O) groups is 1. The second kappa shape index (κ2) is 4.69. The average Bonchev–Trinajstić information content (AvgIpc) is 2.97. The van der Waals surface area contributed by atoms with Crippen LogP contribution in [-0.4, -0.2) is 30.0 Å². The van der Waals surface area contributed by atoms with Crippen LogP contribution in [0.4, 0.5) is 0 Å². The summed E-state index contributed by atoms with van der Waals surface area (Å²) in [5.74, 6) is 2.49. The number of fused-ring (bicyclic) bond motifs is 1. The molecule has 1 amide bonds. The molecule has 2 heterocycles. The fourth-order valence-corrected chi connectivity index (χ4v) is 2.64. The normalized spacial score (nSPS) is 21.7. The van der Waals surface area contributed by atoms with E-state index in [2.05, 4.69) is 0 Å². The summed E-state index contributed by atoms with van der Waals surface area (Å²) >= 11 is 5.81. The summed E-state index contributed by atoms with van der Waals surface area (Å²) in [6.45, 7) is 1.55. The van der Waals surface area contributed by atoms with E-state index in [0.717, 1.165) is 23.6 Å². The molecule has 0 aliphatic carbocycles. The van der Waals surface area contributed by atoms with Crippen molar-refractivity contribution >= 4 is 17.5 Å². The van der Waals surface area contributed by atoms with Gasteiger partial charge in [-0.25, -0.2) is 0 Å². The predicted octanol–water partition coefficient (Wildman–Crippen LogP) is 2.00.